The van der Waals surface area contributed by atoms with Crippen molar-refractivity contribution in [2.24, 2.45) is 5.73 Å². The maximum Gasteiger partial charge on any atom is 0.277 e. The second kappa shape index (κ2) is 6.37. The third kappa shape index (κ3) is 3.49. The molecule has 9 heteroatoms. The molecule has 0 amide bonds. The van der Waals surface area contributed by atoms with Gasteiger partial charge in [-0.3, -0.25) is 0 Å². The number of aromatic nitrogens is 4. The number of benzene rings is 1. The first-order chi connectivity index (χ1) is 10.2. The van der Waals surface area contributed by atoms with Crippen LogP contribution in [0.1, 0.15) is 11.8 Å². The van der Waals surface area contributed by atoms with E-state index < -0.39 is 0 Å². The second-order valence-electron chi connectivity index (χ2n) is 3.96. The third-order valence-corrected chi connectivity index (χ3v) is 3.83. The Morgan fingerprint density at radius 2 is 1.76 bits per heavy atom. The molecule has 0 bridgehead atoms. The van der Waals surface area contributed by atoms with E-state index in [1.807, 2.05) is 24.3 Å². The number of nitrogens with zero attached hydrogens (tertiary/aromatic N) is 4. The van der Waals surface area contributed by atoms with E-state index in [0.717, 1.165) is 10.0 Å². The Labute approximate surface area is 132 Å². The lowest BCUT2D eigenvalue weighted by atomic mass is 10.2. The van der Waals surface area contributed by atoms with Gasteiger partial charge in [0.2, 0.25) is 17.7 Å². The molecule has 3 aromatic rings. The van der Waals surface area contributed by atoms with Crippen LogP contribution in [0.15, 0.2) is 42.8 Å². The quantitative estimate of drug-likeness (QED) is 0.686. The Morgan fingerprint density at radius 3 is 2.48 bits per heavy atom. The molecule has 21 heavy (non-hydrogen) atoms. The van der Waals surface area contributed by atoms with Gasteiger partial charge in [-0.05, 0) is 24.3 Å². The van der Waals surface area contributed by atoms with Gasteiger partial charge in [-0.25, -0.2) is 0 Å². The highest BCUT2D eigenvalue weighted by molar-refractivity contribution is 9.10. The highest BCUT2D eigenvalue weighted by atomic mass is 79.9. The standard InChI is InChI=1S/C12H10BrN5O2S/c13-8-3-1-7(2-4-8)11-17-16-10(19-11)6-21-12-18-15-9(5-14)20-12/h1-4H,5-6,14H2. The smallest absolute Gasteiger partial charge is 0.277 e. The van der Waals surface area contributed by atoms with E-state index in [1.54, 1.807) is 0 Å². The first-order valence-corrected chi connectivity index (χ1v) is 7.76. The lowest BCUT2D eigenvalue weighted by Crippen LogP contribution is -1.95. The van der Waals surface area contributed by atoms with Crippen LogP contribution < -0.4 is 5.73 Å². The molecule has 0 saturated carbocycles. The molecule has 0 aliphatic rings. The van der Waals surface area contributed by atoms with E-state index in [2.05, 4.69) is 36.3 Å². The van der Waals surface area contributed by atoms with E-state index in [0.29, 0.717) is 28.6 Å². The van der Waals surface area contributed by atoms with E-state index in [9.17, 15) is 0 Å². The van der Waals surface area contributed by atoms with E-state index >= 15 is 0 Å². The topological polar surface area (TPSA) is 104 Å². The molecule has 2 heterocycles. The summed E-state index contributed by atoms with van der Waals surface area (Å²) in [7, 11) is 0. The summed E-state index contributed by atoms with van der Waals surface area (Å²) < 4.78 is 11.9. The van der Waals surface area contributed by atoms with E-state index in [-0.39, 0.29) is 6.54 Å². The predicted molar refractivity (Wildman–Crippen MR) is 79.2 cm³/mol. The molecule has 2 N–H and O–H groups in total. The van der Waals surface area contributed by atoms with Gasteiger partial charge in [0, 0.05) is 10.0 Å². The molecule has 1 aromatic carbocycles. The molecule has 0 radical (unpaired) electrons. The van der Waals surface area contributed by atoms with Gasteiger partial charge in [-0.1, -0.05) is 27.7 Å². The average molecular weight is 368 g/mol. The fourth-order valence-electron chi connectivity index (χ4n) is 1.52. The Balaban J connectivity index is 1.66. The van der Waals surface area contributed by atoms with Crippen LogP contribution in [-0.2, 0) is 12.3 Å². The molecule has 7 nitrogen and oxygen atoms in total. The van der Waals surface area contributed by atoms with E-state index in [1.165, 1.54) is 11.8 Å². The molecule has 0 fully saturated rings. The van der Waals surface area contributed by atoms with Crippen molar-refractivity contribution in [3.8, 4) is 11.5 Å². The molecular formula is C12H10BrN5O2S. The lowest BCUT2D eigenvalue weighted by molar-refractivity contribution is 0.414. The van der Waals surface area contributed by atoms with Crippen molar-refractivity contribution >= 4 is 27.7 Å². The number of rotatable bonds is 5. The minimum Gasteiger partial charge on any atom is -0.420 e. The van der Waals surface area contributed by atoms with Gasteiger partial charge in [-0.2, -0.15) is 0 Å². The highest BCUT2D eigenvalue weighted by Gasteiger charge is 2.11. The molecule has 0 unspecified atom stereocenters. The number of nitrogens with two attached hydrogens (primary N) is 1. The molecule has 0 spiro atoms. The van der Waals surface area contributed by atoms with Gasteiger partial charge in [-0.15, -0.1) is 20.4 Å². The van der Waals surface area contributed by atoms with Gasteiger partial charge in [0.15, 0.2) is 0 Å². The zero-order valence-corrected chi connectivity index (χ0v) is 13.1. The molecule has 108 valence electrons. The summed E-state index contributed by atoms with van der Waals surface area (Å²) in [5.41, 5.74) is 6.26. The fraction of sp³-hybridized carbons (Fsp3) is 0.167. The van der Waals surface area contributed by atoms with Crippen molar-refractivity contribution < 1.29 is 8.83 Å². The lowest BCUT2D eigenvalue weighted by Gasteiger charge is -1.94. The van der Waals surface area contributed by atoms with E-state index in [4.69, 9.17) is 14.6 Å². The second-order valence-corrected chi connectivity index (χ2v) is 5.80. The monoisotopic (exact) mass is 367 g/mol. The summed E-state index contributed by atoms with van der Waals surface area (Å²) in [6.07, 6.45) is 0. The number of hydrogen-bond donors (Lipinski definition) is 1. The summed E-state index contributed by atoms with van der Waals surface area (Å²) in [4.78, 5) is 0. The average Bonchev–Trinajstić information content (AvgIpc) is 3.15. The largest absolute Gasteiger partial charge is 0.420 e. The van der Waals surface area contributed by atoms with Crippen molar-refractivity contribution in [1.29, 1.82) is 0 Å². The van der Waals surface area contributed by atoms with Gasteiger partial charge < -0.3 is 14.6 Å². The first-order valence-electron chi connectivity index (χ1n) is 5.98. The molecule has 2 aromatic heterocycles. The number of halogens is 1. The summed E-state index contributed by atoms with van der Waals surface area (Å²) in [5, 5.41) is 16.1. The van der Waals surface area contributed by atoms with Gasteiger partial charge >= 0.3 is 0 Å². The minimum absolute atomic E-state index is 0.224. The number of hydrogen-bond acceptors (Lipinski definition) is 8. The van der Waals surface area contributed by atoms with Gasteiger partial charge in [0.25, 0.3) is 5.22 Å². The highest BCUT2D eigenvalue weighted by Crippen LogP contribution is 2.24. The predicted octanol–water partition coefficient (Wildman–Crippen LogP) is 2.63. The third-order valence-electron chi connectivity index (χ3n) is 2.50. The zero-order chi connectivity index (χ0) is 14.7. The van der Waals surface area contributed by atoms with Crippen molar-refractivity contribution in [2.45, 2.75) is 17.5 Å². The number of thioether (sulfide) groups is 1. The van der Waals surface area contributed by atoms with Crippen LogP contribution in [0.4, 0.5) is 0 Å². The molecule has 0 saturated heterocycles. The Bertz CT molecular complexity index is 727. The van der Waals surface area contributed by atoms with Crippen LogP contribution in [0.3, 0.4) is 0 Å². The van der Waals surface area contributed by atoms with Crippen LogP contribution >= 0.6 is 27.7 Å². The molecule has 0 aliphatic carbocycles. The first kappa shape index (κ1) is 14.2. The van der Waals surface area contributed by atoms with Crippen molar-refractivity contribution in [1.82, 2.24) is 20.4 Å². The van der Waals surface area contributed by atoms with Crippen molar-refractivity contribution in [3.63, 3.8) is 0 Å². The maximum atomic E-state index is 5.59. The summed E-state index contributed by atoms with van der Waals surface area (Å²) in [6, 6.07) is 7.64. The molecule has 0 atom stereocenters. The molecule has 3 rings (SSSR count). The molecule has 0 aliphatic heterocycles. The van der Waals surface area contributed by atoms with Crippen LogP contribution in [0.5, 0.6) is 0 Å². The maximum absolute atomic E-state index is 5.59. The summed E-state index contributed by atoms with van der Waals surface area (Å²) in [5.74, 6) is 1.82. The Kier molecular flexibility index (Phi) is 4.32. The van der Waals surface area contributed by atoms with Gasteiger partial charge in [0.05, 0.1) is 12.3 Å². The Morgan fingerprint density at radius 1 is 1.00 bits per heavy atom. The molecular weight excluding hydrogens is 358 g/mol. The van der Waals surface area contributed by atoms with Gasteiger partial charge in [0.1, 0.15) is 0 Å². The van der Waals surface area contributed by atoms with Crippen LogP contribution in [0, 0.1) is 0 Å². The fourth-order valence-corrected chi connectivity index (χ4v) is 2.41. The minimum atomic E-state index is 0.224. The van der Waals surface area contributed by atoms with Crippen molar-refractivity contribution in [2.75, 3.05) is 0 Å². The van der Waals surface area contributed by atoms with Crippen LogP contribution in [0.2, 0.25) is 0 Å². The summed E-state index contributed by atoms with van der Waals surface area (Å²) >= 11 is 4.70. The van der Waals surface area contributed by atoms with Crippen LogP contribution in [0.25, 0.3) is 11.5 Å². The summed E-state index contributed by atoms with van der Waals surface area (Å²) in [6.45, 7) is 0.224. The van der Waals surface area contributed by atoms with Crippen LogP contribution in [-0.4, -0.2) is 20.4 Å². The SMILES string of the molecule is NCc1nnc(SCc2nnc(-c3ccc(Br)cc3)o2)o1. The zero-order valence-electron chi connectivity index (χ0n) is 10.7. The Hall–Kier alpha value is -1.71. The normalized spacial score (nSPS) is 11.0. The van der Waals surface area contributed by atoms with Crippen molar-refractivity contribution in [3.05, 3.63) is 40.5 Å².